The molecule has 0 saturated carbocycles. The van der Waals surface area contributed by atoms with E-state index in [1.165, 1.54) is 13.2 Å². The fourth-order valence-corrected chi connectivity index (χ4v) is 2.45. The van der Waals surface area contributed by atoms with Gasteiger partial charge in [-0.1, -0.05) is 13.0 Å². The fraction of sp³-hybridized carbons (Fsp3) is 0.286. The summed E-state index contributed by atoms with van der Waals surface area (Å²) in [5.41, 5.74) is 1.76. The number of methoxy groups -OCH3 is 1. The van der Waals surface area contributed by atoms with Crippen LogP contribution in [0.5, 0.6) is 5.75 Å². The molecule has 0 radical (unpaired) electrons. The second kappa shape index (κ2) is 6.21. The molecule has 2 aromatic rings. The predicted molar refractivity (Wildman–Crippen MR) is 74.9 cm³/mol. The van der Waals surface area contributed by atoms with Gasteiger partial charge in [0.05, 0.1) is 19.4 Å². The van der Waals surface area contributed by atoms with Crippen molar-refractivity contribution in [1.29, 1.82) is 0 Å². The van der Waals surface area contributed by atoms with Gasteiger partial charge in [-0.3, -0.25) is 0 Å². The number of nitrogens with one attached hydrogen (secondary N) is 1. The van der Waals surface area contributed by atoms with Crippen LogP contribution in [-0.2, 0) is 0 Å². The Bertz CT molecular complexity index is 556. The Morgan fingerprint density at radius 3 is 2.74 bits per heavy atom. The second-order valence-electron chi connectivity index (χ2n) is 4.03. The Labute approximate surface area is 119 Å². The Morgan fingerprint density at radius 2 is 2.21 bits per heavy atom. The highest BCUT2D eigenvalue weighted by atomic mass is 79.9. The number of benzene rings is 1. The molecule has 1 atom stereocenters. The summed E-state index contributed by atoms with van der Waals surface area (Å²) in [6, 6.07) is 6.68. The molecule has 5 heteroatoms. The lowest BCUT2D eigenvalue weighted by Crippen LogP contribution is -2.22. The van der Waals surface area contributed by atoms with E-state index in [1.807, 2.05) is 19.1 Å². The third-order valence-corrected chi connectivity index (χ3v) is 3.52. The lowest BCUT2D eigenvalue weighted by molar-refractivity contribution is 0.385. The number of ether oxygens (including phenoxy) is 1. The zero-order valence-corrected chi connectivity index (χ0v) is 12.3. The van der Waals surface area contributed by atoms with Crippen molar-refractivity contribution in [3.63, 3.8) is 0 Å². The molecule has 19 heavy (non-hydrogen) atoms. The van der Waals surface area contributed by atoms with E-state index >= 15 is 0 Å². The second-order valence-corrected chi connectivity index (χ2v) is 4.75. The summed E-state index contributed by atoms with van der Waals surface area (Å²) < 4.78 is 24.6. The molecule has 0 aliphatic rings. The van der Waals surface area contributed by atoms with Crippen LogP contribution in [0, 0.1) is 5.82 Å². The lowest BCUT2D eigenvalue weighted by atomic mass is 10.0. The lowest BCUT2D eigenvalue weighted by Gasteiger charge is -2.18. The molecular weight excluding hydrogens is 313 g/mol. The van der Waals surface area contributed by atoms with Crippen LogP contribution in [0.15, 0.2) is 39.6 Å². The first-order valence-corrected chi connectivity index (χ1v) is 6.76. The van der Waals surface area contributed by atoms with Gasteiger partial charge in [-0.2, -0.15) is 0 Å². The van der Waals surface area contributed by atoms with Gasteiger partial charge in [0.15, 0.2) is 16.2 Å². The van der Waals surface area contributed by atoms with Crippen molar-refractivity contribution in [2.75, 3.05) is 13.7 Å². The quantitative estimate of drug-likeness (QED) is 0.904. The van der Waals surface area contributed by atoms with Crippen molar-refractivity contribution in [3.05, 3.63) is 52.1 Å². The first-order chi connectivity index (χ1) is 9.17. The first-order valence-electron chi connectivity index (χ1n) is 5.97. The SMILES string of the molecule is CCNC(c1ccc(OC)c(F)c1)c1ccoc1Br. The van der Waals surface area contributed by atoms with Gasteiger partial charge >= 0.3 is 0 Å². The highest BCUT2D eigenvalue weighted by Gasteiger charge is 2.19. The average molecular weight is 328 g/mol. The normalized spacial score (nSPS) is 12.4. The van der Waals surface area contributed by atoms with Crippen molar-refractivity contribution in [1.82, 2.24) is 5.32 Å². The Kier molecular flexibility index (Phi) is 4.61. The van der Waals surface area contributed by atoms with Crippen molar-refractivity contribution in [3.8, 4) is 5.75 Å². The monoisotopic (exact) mass is 327 g/mol. The molecule has 1 aromatic carbocycles. The smallest absolute Gasteiger partial charge is 0.174 e. The fourth-order valence-electron chi connectivity index (χ4n) is 1.98. The van der Waals surface area contributed by atoms with Crippen LogP contribution in [0.25, 0.3) is 0 Å². The van der Waals surface area contributed by atoms with Gasteiger partial charge < -0.3 is 14.5 Å². The van der Waals surface area contributed by atoms with Crippen molar-refractivity contribution in [2.24, 2.45) is 0 Å². The van der Waals surface area contributed by atoms with Crippen molar-refractivity contribution < 1.29 is 13.5 Å². The van der Waals surface area contributed by atoms with Gasteiger partial charge in [-0.15, -0.1) is 0 Å². The maximum atomic E-state index is 13.8. The van der Waals surface area contributed by atoms with E-state index in [0.717, 1.165) is 17.7 Å². The topological polar surface area (TPSA) is 34.4 Å². The number of hydrogen-bond acceptors (Lipinski definition) is 3. The molecule has 1 aromatic heterocycles. The van der Waals surface area contributed by atoms with E-state index in [9.17, 15) is 4.39 Å². The van der Waals surface area contributed by atoms with Gasteiger partial charge in [-0.25, -0.2) is 4.39 Å². The molecule has 1 heterocycles. The van der Waals surface area contributed by atoms with Crippen LogP contribution in [0.1, 0.15) is 24.1 Å². The van der Waals surface area contributed by atoms with E-state index in [2.05, 4.69) is 21.2 Å². The molecule has 0 saturated heterocycles. The third kappa shape index (κ3) is 2.98. The highest BCUT2D eigenvalue weighted by Crippen LogP contribution is 2.31. The minimum absolute atomic E-state index is 0.126. The summed E-state index contributed by atoms with van der Waals surface area (Å²) in [5.74, 6) is -0.132. The van der Waals surface area contributed by atoms with Gasteiger partial charge in [-0.05, 0) is 46.2 Å². The Hall–Kier alpha value is -1.33. The van der Waals surface area contributed by atoms with E-state index in [4.69, 9.17) is 9.15 Å². The summed E-state index contributed by atoms with van der Waals surface area (Å²) in [5, 5.41) is 3.31. The maximum absolute atomic E-state index is 13.8. The molecule has 1 unspecified atom stereocenters. The number of rotatable bonds is 5. The minimum Gasteiger partial charge on any atom is -0.494 e. The molecule has 3 nitrogen and oxygen atoms in total. The zero-order chi connectivity index (χ0) is 13.8. The van der Waals surface area contributed by atoms with Crippen LogP contribution in [0.2, 0.25) is 0 Å². The number of furan rings is 1. The van der Waals surface area contributed by atoms with Crippen molar-refractivity contribution in [2.45, 2.75) is 13.0 Å². The summed E-state index contributed by atoms with van der Waals surface area (Å²) in [4.78, 5) is 0. The molecule has 2 rings (SSSR count). The molecule has 0 fully saturated rings. The molecule has 0 bridgehead atoms. The van der Waals surface area contributed by atoms with Crippen LogP contribution in [-0.4, -0.2) is 13.7 Å². The zero-order valence-electron chi connectivity index (χ0n) is 10.7. The first kappa shape index (κ1) is 14.1. The summed E-state index contributed by atoms with van der Waals surface area (Å²) >= 11 is 3.36. The van der Waals surface area contributed by atoms with Gasteiger partial charge in [0.25, 0.3) is 0 Å². The summed E-state index contributed by atoms with van der Waals surface area (Å²) in [6.45, 7) is 2.76. The number of halogens is 2. The molecule has 0 aliphatic heterocycles. The van der Waals surface area contributed by atoms with Gasteiger partial charge in [0.2, 0.25) is 0 Å². The maximum Gasteiger partial charge on any atom is 0.174 e. The molecule has 102 valence electrons. The molecular formula is C14H15BrFNO2. The van der Waals surface area contributed by atoms with E-state index in [-0.39, 0.29) is 17.6 Å². The largest absolute Gasteiger partial charge is 0.494 e. The van der Waals surface area contributed by atoms with Gasteiger partial charge in [0, 0.05) is 5.56 Å². The van der Waals surface area contributed by atoms with Crippen LogP contribution >= 0.6 is 15.9 Å². The Morgan fingerprint density at radius 1 is 1.42 bits per heavy atom. The van der Waals surface area contributed by atoms with Gasteiger partial charge in [0.1, 0.15) is 0 Å². The van der Waals surface area contributed by atoms with Crippen molar-refractivity contribution >= 4 is 15.9 Å². The summed E-state index contributed by atoms with van der Waals surface area (Å²) in [6.07, 6.45) is 1.60. The van der Waals surface area contributed by atoms with E-state index < -0.39 is 0 Å². The average Bonchev–Trinajstić information content (AvgIpc) is 2.82. The summed E-state index contributed by atoms with van der Waals surface area (Å²) in [7, 11) is 1.45. The van der Waals surface area contributed by atoms with Crippen LogP contribution in [0.3, 0.4) is 0 Å². The standard InChI is InChI=1S/C14H15BrFNO2/c1-3-17-13(10-6-7-19-14(10)15)9-4-5-12(18-2)11(16)8-9/h4-8,13,17H,3H2,1-2H3. The third-order valence-electron chi connectivity index (χ3n) is 2.87. The Balaban J connectivity index is 2.39. The molecule has 0 aliphatic carbocycles. The molecule has 1 N–H and O–H groups in total. The molecule has 0 spiro atoms. The van der Waals surface area contributed by atoms with E-state index in [1.54, 1.807) is 12.3 Å². The minimum atomic E-state index is -0.373. The molecule has 0 amide bonds. The van der Waals surface area contributed by atoms with Crippen LogP contribution in [0.4, 0.5) is 4.39 Å². The predicted octanol–water partition coefficient (Wildman–Crippen LogP) is 3.89. The van der Waals surface area contributed by atoms with E-state index in [0.29, 0.717) is 4.67 Å². The number of hydrogen-bond donors (Lipinski definition) is 1. The highest BCUT2D eigenvalue weighted by molar-refractivity contribution is 9.10. The van der Waals surface area contributed by atoms with Crippen LogP contribution < -0.4 is 10.1 Å².